The van der Waals surface area contributed by atoms with E-state index in [1.165, 1.54) is 11.1 Å². The first-order chi connectivity index (χ1) is 10.3. The summed E-state index contributed by atoms with van der Waals surface area (Å²) in [4.78, 5) is 2.39. The molecule has 0 atom stereocenters. The molecule has 0 amide bonds. The first-order valence-corrected chi connectivity index (χ1v) is 7.43. The Morgan fingerprint density at radius 1 is 0.905 bits per heavy atom. The molecule has 0 saturated carbocycles. The lowest BCUT2D eigenvalue weighted by atomic mass is 10.1. The quantitative estimate of drug-likeness (QED) is 0.746. The summed E-state index contributed by atoms with van der Waals surface area (Å²) in [5, 5.41) is 9.50. The van der Waals surface area contributed by atoms with Crippen molar-refractivity contribution < 1.29 is 5.11 Å². The Morgan fingerprint density at radius 2 is 1.57 bits per heavy atom. The van der Waals surface area contributed by atoms with Crippen LogP contribution in [0.25, 0.3) is 0 Å². The molecule has 2 heteroatoms. The van der Waals surface area contributed by atoms with Crippen LogP contribution in [0.15, 0.2) is 67.3 Å². The molecular weight excluding hydrogens is 258 g/mol. The third-order valence-electron chi connectivity index (χ3n) is 3.57. The third kappa shape index (κ3) is 5.44. The van der Waals surface area contributed by atoms with Crippen LogP contribution in [0.5, 0.6) is 5.75 Å². The number of benzene rings is 2. The van der Waals surface area contributed by atoms with Gasteiger partial charge in [0.15, 0.2) is 0 Å². The number of hydrogen-bond acceptors (Lipinski definition) is 2. The van der Waals surface area contributed by atoms with Gasteiger partial charge in [-0.2, -0.15) is 0 Å². The van der Waals surface area contributed by atoms with Gasteiger partial charge in [-0.25, -0.2) is 0 Å². The highest BCUT2D eigenvalue weighted by atomic mass is 16.3. The lowest BCUT2D eigenvalue weighted by Crippen LogP contribution is -2.28. The van der Waals surface area contributed by atoms with Crippen molar-refractivity contribution in [2.75, 3.05) is 19.6 Å². The summed E-state index contributed by atoms with van der Waals surface area (Å²) in [7, 11) is 0. The van der Waals surface area contributed by atoms with Gasteiger partial charge < -0.3 is 5.11 Å². The predicted molar refractivity (Wildman–Crippen MR) is 88.6 cm³/mol. The van der Waals surface area contributed by atoms with E-state index in [1.807, 2.05) is 24.3 Å². The molecule has 2 aromatic carbocycles. The maximum atomic E-state index is 9.50. The lowest BCUT2D eigenvalue weighted by molar-refractivity contribution is 0.310. The van der Waals surface area contributed by atoms with Gasteiger partial charge in [-0.3, -0.25) is 4.90 Å². The van der Waals surface area contributed by atoms with Gasteiger partial charge >= 0.3 is 0 Å². The smallest absolute Gasteiger partial charge is 0.115 e. The van der Waals surface area contributed by atoms with Crippen LogP contribution >= 0.6 is 0 Å². The largest absolute Gasteiger partial charge is 0.508 e. The SMILES string of the molecule is C=CCN(CCc1ccccc1)CCc1cccc(O)c1. The molecular formula is C19H23NO. The highest BCUT2D eigenvalue weighted by Crippen LogP contribution is 2.12. The molecule has 110 valence electrons. The Morgan fingerprint density at radius 3 is 2.24 bits per heavy atom. The van der Waals surface area contributed by atoms with Crippen LogP contribution in [0.2, 0.25) is 0 Å². The van der Waals surface area contributed by atoms with E-state index in [0.717, 1.165) is 32.5 Å². The fourth-order valence-corrected chi connectivity index (χ4v) is 2.41. The molecule has 0 heterocycles. The predicted octanol–water partition coefficient (Wildman–Crippen LogP) is 3.67. The van der Waals surface area contributed by atoms with Crippen molar-refractivity contribution in [2.24, 2.45) is 0 Å². The van der Waals surface area contributed by atoms with Crippen molar-refractivity contribution in [1.29, 1.82) is 0 Å². The van der Waals surface area contributed by atoms with Crippen molar-refractivity contribution in [1.82, 2.24) is 4.90 Å². The van der Waals surface area contributed by atoms with Crippen molar-refractivity contribution >= 4 is 0 Å². The molecule has 1 N–H and O–H groups in total. The van der Waals surface area contributed by atoms with E-state index in [2.05, 4.69) is 41.8 Å². The van der Waals surface area contributed by atoms with Crippen LogP contribution < -0.4 is 0 Å². The van der Waals surface area contributed by atoms with Crippen LogP contribution in [-0.2, 0) is 12.8 Å². The molecule has 0 radical (unpaired) electrons. The normalized spacial score (nSPS) is 10.7. The van der Waals surface area contributed by atoms with Gasteiger partial charge in [0.25, 0.3) is 0 Å². The molecule has 0 aliphatic rings. The van der Waals surface area contributed by atoms with E-state index in [-0.39, 0.29) is 0 Å². The maximum absolute atomic E-state index is 9.50. The molecule has 0 aromatic heterocycles. The Bertz CT molecular complexity index is 551. The van der Waals surface area contributed by atoms with E-state index in [0.29, 0.717) is 5.75 Å². The van der Waals surface area contributed by atoms with E-state index in [9.17, 15) is 5.11 Å². The number of rotatable bonds is 8. The first kappa shape index (κ1) is 15.3. The van der Waals surface area contributed by atoms with Crippen LogP contribution in [0.4, 0.5) is 0 Å². The monoisotopic (exact) mass is 281 g/mol. The molecule has 0 spiro atoms. The maximum Gasteiger partial charge on any atom is 0.115 e. The second-order valence-corrected chi connectivity index (χ2v) is 5.24. The van der Waals surface area contributed by atoms with Gasteiger partial charge in [-0.15, -0.1) is 6.58 Å². The number of phenols is 1. The molecule has 0 unspecified atom stereocenters. The molecule has 0 aliphatic carbocycles. The van der Waals surface area contributed by atoms with Gasteiger partial charge in [0.2, 0.25) is 0 Å². The van der Waals surface area contributed by atoms with E-state index in [1.54, 1.807) is 6.07 Å². The fourth-order valence-electron chi connectivity index (χ4n) is 2.41. The molecule has 2 rings (SSSR count). The van der Waals surface area contributed by atoms with Crippen LogP contribution in [0.1, 0.15) is 11.1 Å². The fraction of sp³-hybridized carbons (Fsp3) is 0.263. The van der Waals surface area contributed by atoms with E-state index >= 15 is 0 Å². The molecule has 0 fully saturated rings. The van der Waals surface area contributed by atoms with Gasteiger partial charge in [-0.05, 0) is 36.1 Å². The summed E-state index contributed by atoms with van der Waals surface area (Å²) in [6.45, 7) is 6.73. The summed E-state index contributed by atoms with van der Waals surface area (Å²) in [5.74, 6) is 0.340. The topological polar surface area (TPSA) is 23.5 Å². The van der Waals surface area contributed by atoms with Crippen molar-refractivity contribution in [3.8, 4) is 5.75 Å². The Balaban J connectivity index is 1.85. The van der Waals surface area contributed by atoms with E-state index < -0.39 is 0 Å². The second-order valence-electron chi connectivity index (χ2n) is 5.24. The zero-order chi connectivity index (χ0) is 14.9. The van der Waals surface area contributed by atoms with Gasteiger partial charge in [0.05, 0.1) is 0 Å². The molecule has 21 heavy (non-hydrogen) atoms. The highest BCUT2D eigenvalue weighted by molar-refractivity contribution is 5.27. The average molecular weight is 281 g/mol. The summed E-state index contributed by atoms with van der Waals surface area (Å²) >= 11 is 0. The Labute approximate surface area is 127 Å². The molecule has 2 nitrogen and oxygen atoms in total. The number of hydrogen-bond donors (Lipinski definition) is 1. The van der Waals surface area contributed by atoms with Gasteiger partial charge in [0, 0.05) is 19.6 Å². The minimum absolute atomic E-state index is 0.340. The number of aromatic hydroxyl groups is 1. The third-order valence-corrected chi connectivity index (χ3v) is 3.57. The minimum atomic E-state index is 0.340. The number of nitrogens with zero attached hydrogens (tertiary/aromatic N) is 1. The minimum Gasteiger partial charge on any atom is -0.508 e. The zero-order valence-electron chi connectivity index (χ0n) is 12.4. The van der Waals surface area contributed by atoms with Gasteiger partial charge in [0.1, 0.15) is 5.75 Å². The summed E-state index contributed by atoms with van der Waals surface area (Å²) in [6.07, 6.45) is 3.94. The molecule has 0 bridgehead atoms. The second kappa shape index (κ2) is 8.28. The van der Waals surface area contributed by atoms with Crippen molar-refractivity contribution in [2.45, 2.75) is 12.8 Å². The first-order valence-electron chi connectivity index (χ1n) is 7.43. The lowest BCUT2D eigenvalue weighted by Gasteiger charge is -2.20. The standard InChI is InChI=1S/C19H23NO/c1-2-13-20(14-11-17-7-4-3-5-8-17)15-12-18-9-6-10-19(21)16-18/h2-10,16,21H,1,11-15H2. The van der Waals surface area contributed by atoms with Gasteiger partial charge in [-0.1, -0.05) is 48.5 Å². The average Bonchev–Trinajstić information content (AvgIpc) is 2.51. The summed E-state index contributed by atoms with van der Waals surface area (Å²) < 4.78 is 0. The van der Waals surface area contributed by atoms with Crippen molar-refractivity contribution in [3.63, 3.8) is 0 Å². The number of phenolic OH excluding ortho intramolecular Hbond substituents is 1. The van der Waals surface area contributed by atoms with E-state index in [4.69, 9.17) is 0 Å². The summed E-state index contributed by atoms with van der Waals surface area (Å²) in [6, 6.07) is 18.1. The Kier molecular flexibility index (Phi) is 6.04. The highest BCUT2D eigenvalue weighted by Gasteiger charge is 2.04. The van der Waals surface area contributed by atoms with Crippen LogP contribution in [-0.4, -0.2) is 29.6 Å². The van der Waals surface area contributed by atoms with Crippen LogP contribution in [0, 0.1) is 0 Å². The molecule has 0 aliphatic heterocycles. The molecule has 2 aromatic rings. The molecule has 0 saturated heterocycles. The summed E-state index contributed by atoms with van der Waals surface area (Å²) in [5.41, 5.74) is 2.53. The van der Waals surface area contributed by atoms with Crippen LogP contribution in [0.3, 0.4) is 0 Å². The zero-order valence-corrected chi connectivity index (χ0v) is 12.4. The Hall–Kier alpha value is -2.06. The van der Waals surface area contributed by atoms with Crippen molar-refractivity contribution in [3.05, 3.63) is 78.4 Å².